The molecule has 1 unspecified atom stereocenters. The molecule has 0 radical (unpaired) electrons. The first-order chi connectivity index (χ1) is 9.65. The Hall–Kier alpha value is -1.43. The van der Waals surface area contributed by atoms with Crippen molar-refractivity contribution < 1.29 is 4.92 Å². The minimum atomic E-state index is -0.273. The van der Waals surface area contributed by atoms with Crippen molar-refractivity contribution in [2.24, 2.45) is 0 Å². The summed E-state index contributed by atoms with van der Waals surface area (Å²) < 4.78 is 0. The molecule has 3 rings (SSSR count). The fourth-order valence-corrected chi connectivity index (χ4v) is 3.89. The molecular formula is C15H17ClN2O2S. The molecule has 1 aliphatic rings. The van der Waals surface area contributed by atoms with Gasteiger partial charge in [-0.1, -0.05) is 41.7 Å². The zero-order valence-electron chi connectivity index (χ0n) is 11.7. The van der Waals surface area contributed by atoms with Crippen molar-refractivity contribution in [3.8, 4) is 0 Å². The standard InChI is InChI=1S/C15H16N2O2S.ClH/c1-16-8-7-12-9-14(17(18)19)20-15(12)13(10-16)11-5-3-2-4-6-11;/h2-6,9,13H,7-8,10H2,1H3;1H. The molecule has 112 valence electrons. The smallest absolute Gasteiger partial charge is 0.305 e. The highest BCUT2D eigenvalue weighted by Gasteiger charge is 2.28. The summed E-state index contributed by atoms with van der Waals surface area (Å²) in [5.74, 6) is 0.234. The predicted octanol–water partition coefficient (Wildman–Crippen LogP) is 3.70. The molecule has 0 saturated carbocycles. The van der Waals surface area contributed by atoms with E-state index in [1.165, 1.54) is 16.9 Å². The lowest BCUT2D eigenvalue weighted by Gasteiger charge is -2.20. The highest BCUT2D eigenvalue weighted by atomic mass is 35.5. The van der Waals surface area contributed by atoms with Crippen LogP contribution < -0.4 is 0 Å². The first-order valence-corrected chi connectivity index (χ1v) is 7.47. The van der Waals surface area contributed by atoms with E-state index >= 15 is 0 Å². The lowest BCUT2D eigenvalue weighted by molar-refractivity contribution is -0.380. The van der Waals surface area contributed by atoms with Gasteiger partial charge in [-0.3, -0.25) is 10.1 Å². The third-order valence-corrected chi connectivity index (χ3v) is 5.03. The fourth-order valence-electron chi connectivity index (χ4n) is 2.75. The summed E-state index contributed by atoms with van der Waals surface area (Å²) in [6.07, 6.45) is 0.888. The van der Waals surface area contributed by atoms with Crippen molar-refractivity contribution in [1.82, 2.24) is 4.90 Å². The highest BCUT2D eigenvalue weighted by molar-refractivity contribution is 7.15. The maximum atomic E-state index is 11.0. The van der Waals surface area contributed by atoms with Crippen LogP contribution in [0.4, 0.5) is 5.00 Å². The number of thiophene rings is 1. The maximum Gasteiger partial charge on any atom is 0.324 e. The molecule has 0 bridgehead atoms. The molecule has 0 fully saturated rings. The largest absolute Gasteiger partial charge is 0.324 e. The van der Waals surface area contributed by atoms with E-state index in [4.69, 9.17) is 0 Å². The fraction of sp³-hybridized carbons (Fsp3) is 0.333. The number of benzene rings is 1. The van der Waals surface area contributed by atoms with Crippen LogP contribution in [0.25, 0.3) is 0 Å². The molecule has 0 N–H and O–H groups in total. The van der Waals surface area contributed by atoms with Gasteiger partial charge in [-0.15, -0.1) is 12.4 Å². The van der Waals surface area contributed by atoms with Crippen LogP contribution in [0, 0.1) is 10.1 Å². The second-order valence-corrected chi connectivity index (χ2v) is 6.27. The van der Waals surface area contributed by atoms with Crippen LogP contribution in [0.3, 0.4) is 0 Å². The van der Waals surface area contributed by atoms with Gasteiger partial charge in [0.15, 0.2) is 0 Å². The molecule has 0 spiro atoms. The van der Waals surface area contributed by atoms with Gasteiger partial charge in [0.2, 0.25) is 0 Å². The topological polar surface area (TPSA) is 46.4 Å². The van der Waals surface area contributed by atoms with Crippen molar-refractivity contribution >= 4 is 28.7 Å². The number of hydrogen-bond acceptors (Lipinski definition) is 4. The second kappa shape index (κ2) is 6.56. The highest BCUT2D eigenvalue weighted by Crippen LogP contribution is 2.39. The van der Waals surface area contributed by atoms with Crippen molar-refractivity contribution in [3.63, 3.8) is 0 Å². The number of rotatable bonds is 2. The predicted molar refractivity (Wildman–Crippen MR) is 87.7 cm³/mol. The van der Waals surface area contributed by atoms with Gasteiger partial charge in [0.1, 0.15) is 0 Å². The number of hydrogen-bond donors (Lipinski definition) is 0. The average molecular weight is 325 g/mol. The van der Waals surface area contributed by atoms with Crippen molar-refractivity contribution in [1.29, 1.82) is 0 Å². The SMILES string of the molecule is CN1CCc2cc([N+](=O)[O-])sc2C(c2ccccc2)C1.Cl. The van der Waals surface area contributed by atoms with Gasteiger partial charge >= 0.3 is 5.00 Å². The molecule has 6 heteroatoms. The Morgan fingerprint density at radius 3 is 2.71 bits per heavy atom. The number of likely N-dealkylation sites (N-methyl/N-ethyl adjacent to an activating group) is 1. The third-order valence-electron chi connectivity index (χ3n) is 3.78. The summed E-state index contributed by atoms with van der Waals surface area (Å²) in [6, 6.07) is 12.0. The van der Waals surface area contributed by atoms with Crippen LogP contribution in [0.5, 0.6) is 0 Å². The van der Waals surface area contributed by atoms with Gasteiger partial charge in [-0.25, -0.2) is 0 Å². The molecule has 1 atom stereocenters. The normalized spacial score (nSPS) is 18.4. The maximum absolute atomic E-state index is 11.0. The molecule has 0 aliphatic carbocycles. The number of nitro groups is 1. The van der Waals surface area contributed by atoms with E-state index in [1.807, 2.05) is 18.2 Å². The van der Waals surface area contributed by atoms with Gasteiger partial charge in [0.25, 0.3) is 0 Å². The Morgan fingerprint density at radius 2 is 2.05 bits per heavy atom. The summed E-state index contributed by atoms with van der Waals surface area (Å²) in [5, 5.41) is 11.3. The van der Waals surface area contributed by atoms with Crippen LogP contribution in [0.1, 0.15) is 21.9 Å². The molecule has 1 aliphatic heterocycles. The van der Waals surface area contributed by atoms with Gasteiger partial charge in [-0.05, 0) is 24.6 Å². The Labute approximate surface area is 134 Å². The van der Waals surface area contributed by atoms with Crippen molar-refractivity contribution in [2.75, 3.05) is 20.1 Å². The van der Waals surface area contributed by atoms with Crippen LogP contribution in [0.2, 0.25) is 0 Å². The summed E-state index contributed by atoms with van der Waals surface area (Å²) in [7, 11) is 2.11. The number of fused-ring (bicyclic) bond motifs is 1. The van der Waals surface area contributed by atoms with Gasteiger partial charge < -0.3 is 4.90 Å². The first-order valence-electron chi connectivity index (χ1n) is 6.65. The van der Waals surface area contributed by atoms with Gasteiger partial charge in [-0.2, -0.15) is 0 Å². The summed E-state index contributed by atoms with van der Waals surface area (Å²) >= 11 is 1.34. The number of halogens is 1. The summed E-state index contributed by atoms with van der Waals surface area (Å²) in [4.78, 5) is 14.2. The Morgan fingerprint density at radius 1 is 1.33 bits per heavy atom. The lowest BCUT2D eigenvalue weighted by Crippen LogP contribution is -2.24. The van der Waals surface area contributed by atoms with E-state index in [1.54, 1.807) is 6.07 Å². The molecule has 0 saturated heterocycles. The molecule has 2 aromatic rings. The van der Waals surface area contributed by atoms with Crippen molar-refractivity contribution in [2.45, 2.75) is 12.3 Å². The Bertz CT molecular complexity index is 630. The molecular weight excluding hydrogens is 308 g/mol. The minimum Gasteiger partial charge on any atom is -0.305 e. The average Bonchev–Trinajstić information content (AvgIpc) is 2.81. The monoisotopic (exact) mass is 324 g/mol. The lowest BCUT2D eigenvalue weighted by atomic mass is 9.95. The van der Waals surface area contributed by atoms with Crippen LogP contribution in [-0.4, -0.2) is 30.0 Å². The quantitative estimate of drug-likeness (QED) is 0.625. The van der Waals surface area contributed by atoms with E-state index in [9.17, 15) is 10.1 Å². The van der Waals surface area contributed by atoms with E-state index in [0.29, 0.717) is 0 Å². The molecule has 1 aromatic heterocycles. The molecule has 21 heavy (non-hydrogen) atoms. The number of nitrogens with zero attached hydrogens (tertiary/aromatic N) is 2. The third kappa shape index (κ3) is 3.26. The van der Waals surface area contributed by atoms with Gasteiger partial charge in [0, 0.05) is 30.0 Å². The van der Waals surface area contributed by atoms with E-state index in [-0.39, 0.29) is 28.2 Å². The molecule has 0 amide bonds. The Balaban J connectivity index is 0.00000161. The van der Waals surface area contributed by atoms with Crippen LogP contribution >= 0.6 is 23.7 Å². The Kier molecular flexibility index (Phi) is 4.98. The zero-order chi connectivity index (χ0) is 14.1. The minimum absolute atomic E-state index is 0. The van der Waals surface area contributed by atoms with E-state index in [2.05, 4.69) is 24.1 Å². The molecule has 2 heterocycles. The summed E-state index contributed by atoms with van der Waals surface area (Å²) in [6.45, 7) is 1.86. The van der Waals surface area contributed by atoms with Crippen molar-refractivity contribution in [3.05, 3.63) is 62.5 Å². The molecule has 1 aromatic carbocycles. The second-order valence-electron chi connectivity index (χ2n) is 5.21. The van der Waals surface area contributed by atoms with E-state index in [0.717, 1.165) is 30.0 Å². The first kappa shape index (κ1) is 15.9. The van der Waals surface area contributed by atoms with Gasteiger partial charge in [0.05, 0.1) is 4.92 Å². The van der Waals surface area contributed by atoms with Crippen LogP contribution in [0.15, 0.2) is 36.4 Å². The van der Waals surface area contributed by atoms with Crippen LogP contribution in [-0.2, 0) is 6.42 Å². The zero-order valence-corrected chi connectivity index (χ0v) is 13.3. The molecule has 4 nitrogen and oxygen atoms in total. The summed E-state index contributed by atoms with van der Waals surface area (Å²) in [5.41, 5.74) is 2.37. The van der Waals surface area contributed by atoms with E-state index < -0.39 is 0 Å².